The number of thioether (sulfide) groups is 1. The lowest BCUT2D eigenvalue weighted by Crippen LogP contribution is -2.47. The first-order valence-corrected chi connectivity index (χ1v) is 12.9. The van der Waals surface area contributed by atoms with Crippen molar-refractivity contribution >= 4 is 27.7 Å². The third-order valence-corrected chi connectivity index (χ3v) is 8.32. The van der Waals surface area contributed by atoms with E-state index in [1.807, 2.05) is 19.2 Å². The van der Waals surface area contributed by atoms with Gasteiger partial charge < -0.3 is 19.7 Å². The summed E-state index contributed by atoms with van der Waals surface area (Å²) in [7, 11) is 1.55. The fraction of sp³-hybridized carbons (Fsp3) is 0.455. The number of piperazine rings is 1. The number of benzene rings is 1. The maximum Gasteiger partial charge on any atom is 0.244 e. The van der Waals surface area contributed by atoms with Gasteiger partial charge in [-0.1, -0.05) is 17.8 Å². The van der Waals surface area contributed by atoms with Gasteiger partial charge in [0.15, 0.2) is 11.5 Å². The van der Waals surface area contributed by atoms with E-state index in [0.29, 0.717) is 49.2 Å². The van der Waals surface area contributed by atoms with Crippen molar-refractivity contribution in [2.45, 2.75) is 28.6 Å². The molecule has 3 rings (SSSR count). The maximum atomic E-state index is 12.8. The van der Waals surface area contributed by atoms with E-state index in [-0.39, 0.29) is 10.8 Å². The van der Waals surface area contributed by atoms with Crippen molar-refractivity contribution in [3.63, 3.8) is 0 Å². The average molecular weight is 495 g/mol. The molecule has 1 amide bonds. The number of ether oxygens (including phenoxy) is 2. The number of hydrogen-bond acceptors (Lipinski definition) is 8. The van der Waals surface area contributed by atoms with Crippen LogP contribution in [-0.2, 0) is 21.4 Å². The molecule has 1 aromatic carbocycles. The Morgan fingerprint density at radius 3 is 2.42 bits per heavy atom. The number of likely N-dealkylation sites (N-methyl/N-ethyl adjacent to an activating group) is 1. The molecule has 0 aliphatic carbocycles. The molecule has 180 valence electrons. The van der Waals surface area contributed by atoms with Gasteiger partial charge in [0.2, 0.25) is 15.9 Å². The van der Waals surface area contributed by atoms with Crippen LogP contribution in [0.25, 0.3) is 0 Å². The van der Waals surface area contributed by atoms with E-state index in [1.54, 1.807) is 39.3 Å². The third-order valence-electron chi connectivity index (χ3n) is 5.39. The van der Waals surface area contributed by atoms with Gasteiger partial charge in [0.25, 0.3) is 0 Å². The molecule has 0 bridgehead atoms. The van der Waals surface area contributed by atoms with Crippen molar-refractivity contribution in [1.82, 2.24) is 19.5 Å². The van der Waals surface area contributed by atoms with Crippen molar-refractivity contribution in [2.75, 3.05) is 47.4 Å². The maximum absolute atomic E-state index is 12.8. The molecular weight excluding hydrogens is 464 g/mol. The van der Waals surface area contributed by atoms with E-state index >= 15 is 0 Å². The second-order valence-electron chi connectivity index (χ2n) is 7.71. The van der Waals surface area contributed by atoms with Gasteiger partial charge in [-0.05, 0) is 43.8 Å². The minimum atomic E-state index is -3.56. The number of nitrogens with zero attached hydrogens (tertiary/aromatic N) is 3. The lowest BCUT2D eigenvalue weighted by atomic mass is 10.2. The Bertz CT molecular complexity index is 1050. The van der Waals surface area contributed by atoms with E-state index in [1.165, 1.54) is 22.3 Å². The largest absolute Gasteiger partial charge is 0.493 e. The molecule has 1 N–H and O–H groups in total. The van der Waals surface area contributed by atoms with Gasteiger partial charge in [0.05, 0.1) is 24.5 Å². The third kappa shape index (κ3) is 6.38. The minimum absolute atomic E-state index is 0.147. The van der Waals surface area contributed by atoms with Gasteiger partial charge in [-0.3, -0.25) is 4.79 Å². The van der Waals surface area contributed by atoms with Crippen molar-refractivity contribution in [1.29, 1.82) is 0 Å². The van der Waals surface area contributed by atoms with Crippen LogP contribution in [0.4, 0.5) is 0 Å². The van der Waals surface area contributed by atoms with E-state index in [4.69, 9.17) is 9.47 Å². The Kier molecular flexibility index (Phi) is 8.57. The number of carbonyl (C=O) groups excluding carboxylic acids is 1. The van der Waals surface area contributed by atoms with Crippen molar-refractivity contribution in [3.05, 3.63) is 42.1 Å². The van der Waals surface area contributed by atoms with Crippen LogP contribution in [0.1, 0.15) is 12.5 Å². The van der Waals surface area contributed by atoms with E-state index in [0.717, 1.165) is 5.56 Å². The molecule has 1 fully saturated rings. The lowest BCUT2D eigenvalue weighted by molar-refractivity contribution is -0.120. The molecule has 1 aliphatic heterocycles. The number of nitrogens with one attached hydrogen (secondary N) is 1. The Balaban J connectivity index is 1.55. The first-order chi connectivity index (χ1) is 15.7. The summed E-state index contributed by atoms with van der Waals surface area (Å²) < 4.78 is 37.6. The summed E-state index contributed by atoms with van der Waals surface area (Å²) in [6.07, 6.45) is 1.37. The molecular formula is C22H30N4O5S2. The molecule has 33 heavy (non-hydrogen) atoms. The first-order valence-electron chi connectivity index (χ1n) is 10.5. The van der Waals surface area contributed by atoms with Crippen LogP contribution in [0, 0.1) is 0 Å². The molecule has 1 aromatic heterocycles. The zero-order valence-electron chi connectivity index (χ0n) is 19.3. The highest BCUT2D eigenvalue weighted by Gasteiger charge is 2.27. The molecule has 2 heterocycles. The SMILES string of the molecule is COc1ccc(CNC(=O)[C@@H](C)Sc2ccc(S(=O)(=O)N3CCN(C)CC3)cn2)cc1OC. The zero-order valence-corrected chi connectivity index (χ0v) is 20.9. The van der Waals surface area contributed by atoms with Crippen LogP contribution in [-0.4, -0.2) is 81.2 Å². The average Bonchev–Trinajstić information content (AvgIpc) is 2.82. The van der Waals surface area contributed by atoms with E-state index < -0.39 is 15.3 Å². The van der Waals surface area contributed by atoms with Crippen LogP contribution in [0.3, 0.4) is 0 Å². The molecule has 1 aliphatic rings. The van der Waals surface area contributed by atoms with Crippen molar-refractivity contribution in [3.8, 4) is 11.5 Å². The highest BCUT2D eigenvalue weighted by molar-refractivity contribution is 8.00. The van der Waals surface area contributed by atoms with Crippen LogP contribution >= 0.6 is 11.8 Å². The fourth-order valence-corrected chi connectivity index (χ4v) is 5.51. The fourth-order valence-electron chi connectivity index (χ4n) is 3.32. The summed E-state index contributed by atoms with van der Waals surface area (Å²) in [6.45, 7) is 4.47. The predicted octanol–water partition coefficient (Wildman–Crippen LogP) is 1.83. The summed E-state index contributed by atoms with van der Waals surface area (Å²) in [6, 6.07) is 8.67. The van der Waals surface area contributed by atoms with Crippen molar-refractivity contribution < 1.29 is 22.7 Å². The van der Waals surface area contributed by atoms with Gasteiger partial charge >= 0.3 is 0 Å². The summed E-state index contributed by atoms with van der Waals surface area (Å²) in [5.41, 5.74) is 0.884. The van der Waals surface area contributed by atoms with E-state index in [2.05, 4.69) is 15.2 Å². The molecule has 1 saturated heterocycles. The number of sulfonamides is 1. The number of aromatic nitrogens is 1. The van der Waals surface area contributed by atoms with Gasteiger partial charge in [0.1, 0.15) is 4.90 Å². The Morgan fingerprint density at radius 2 is 1.82 bits per heavy atom. The summed E-state index contributed by atoms with van der Waals surface area (Å²) in [5.74, 6) is 1.08. The van der Waals surface area contributed by atoms with Crippen LogP contribution < -0.4 is 14.8 Å². The standard InChI is InChI=1S/C22H30N4O5S2/c1-16(22(27)24-14-17-5-7-19(30-3)20(13-17)31-4)32-21-8-6-18(15-23-21)33(28,29)26-11-9-25(2)10-12-26/h5-8,13,15-16H,9-12,14H2,1-4H3,(H,24,27)/t16-/m1/s1. The van der Waals surface area contributed by atoms with Gasteiger partial charge in [0, 0.05) is 38.9 Å². The Labute approximate surface area is 199 Å². The predicted molar refractivity (Wildman–Crippen MR) is 127 cm³/mol. The van der Waals surface area contributed by atoms with E-state index in [9.17, 15) is 13.2 Å². The summed E-state index contributed by atoms with van der Waals surface area (Å²) >= 11 is 1.27. The molecule has 0 radical (unpaired) electrons. The number of methoxy groups -OCH3 is 2. The number of amides is 1. The summed E-state index contributed by atoms with van der Waals surface area (Å²) in [4.78, 5) is 19.1. The Hall–Kier alpha value is -2.34. The molecule has 9 nitrogen and oxygen atoms in total. The molecule has 2 aromatic rings. The van der Waals surface area contributed by atoms with Crippen molar-refractivity contribution in [2.24, 2.45) is 0 Å². The molecule has 1 atom stereocenters. The second kappa shape index (κ2) is 11.2. The minimum Gasteiger partial charge on any atom is -0.493 e. The van der Waals surface area contributed by atoms with Gasteiger partial charge in [-0.25, -0.2) is 13.4 Å². The molecule has 11 heteroatoms. The number of carbonyl (C=O) groups is 1. The number of hydrogen-bond donors (Lipinski definition) is 1. The molecule has 0 spiro atoms. The highest BCUT2D eigenvalue weighted by Crippen LogP contribution is 2.28. The van der Waals surface area contributed by atoms with Crippen LogP contribution in [0.2, 0.25) is 0 Å². The quantitative estimate of drug-likeness (QED) is 0.527. The molecule has 0 saturated carbocycles. The number of pyridine rings is 1. The number of rotatable bonds is 9. The molecule has 0 unspecified atom stereocenters. The van der Waals surface area contributed by atoms with Gasteiger partial charge in [-0.15, -0.1) is 0 Å². The topological polar surface area (TPSA) is 101 Å². The smallest absolute Gasteiger partial charge is 0.244 e. The normalized spacial score (nSPS) is 16.2. The van der Waals surface area contributed by atoms with Gasteiger partial charge in [-0.2, -0.15) is 4.31 Å². The lowest BCUT2D eigenvalue weighted by Gasteiger charge is -2.31. The highest BCUT2D eigenvalue weighted by atomic mass is 32.2. The summed E-state index contributed by atoms with van der Waals surface area (Å²) in [5, 5.41) is 3.08. The van der Waals surface area contributed by atoms with Crippen LogP contribution in [0.5, 0.6) is 11.5 Å². The zero-order chi connectivity index (χ0) is 24.0. The second-order valence-corrected chi connectivity index (χ2v) is 11.0. The van der Waals surface area contributed by atoms with Crippen LogP contribution in [0.15, 0.2) is 46.5 Å². The Morgan fingerprint density at radius 1 is 1.12 bits per heavy atom. The first kappa shape index (κ1) is 25.3. The monoisotopic (exact) mass is 494 g/mol.